The van der Waals surface area contributed by atoms with E-state index in [2.05, 4.69) is 0 Å². The van der Waals surface area contributed by atoms with E-state index in [1.807, 2.05) is 11.0 Å². The zero-order valence-corrected chi connectivity index (χ0v) is 8.91. The van der Waals surface area contributed by atoms with Crippen molar-refractivity contribution in [1.82, 2.24) is 0 Å². The maximum atomic E-state index is 11.9. The first-order valence-corrected chi connectivity index (χ1v) is 6.04. The van der Waals surface area contributed by atoms with Gasteiger partial charge in [0, 0.05) is 23.5 Å². The van der Waals surface area contributed by atoms with Gasteiger partial charge in [-0.05, 0) is 18.6 Å². The Balaban J connectivity index is 1.98. The number of aromatic hydroxyl groups is 1. The highest BCUT2D eigenvalue weighted by atomic mass is 32.2. The molecule has 1 aromatic carbocycles. The number of anilines is 1. The molecule has 15 heavy (non-hydrogen) atoms. The number of hydrogen-bond donors (Lipinski definition) is 1. The molecule has 3 nitrogen and oxygen atoms in total. The van der Waals surface area contributed by atoms with Crippen LogP contribution in [-0.4, -0.2) is 28.1 Å². The molecule has 0 spiro atoms. The van der Waals surface area contributed by atoms with E-state index in [-0.39, 0.29) is 16.9 Å². The Morgan fingerprint density at radius 2 is 2.33 bits per heavy atom. The first kappa shape index (κ1) is 9.09. The Labute approximate surface area is 92.1 Å². The van der Waals surface area contributed by atoms with Crippen LogP contribution in [0.25, 0.3) is 0 Å². The van der Waals surface area contributed by atoms with Crippen LogP contribution in [0, 0.1) is 0 Å². The number of phenols is 1. The average Bonchev–Trinajstić information content (AvgIpc) is 2.77. The molecule has 2 unspecified atom stereocenters. The van der Waals surface area contributed by atoms with Crippen molar-refractivity contribution in [2.45, 2.75) is 17.7 Å². The molecule has 4 heteroatoms. The van der Waals surface area contributed by atoms with Gasteiger partial charge in [0.2, 0.25) is 5.91 Å². The minimum Gasteiger partial charge on any atom is -0.508 e. The number of nitrogens with zero attached hydrogens (tertiary/aromatic N) is 1. The number of carbonyl (C=O) groups excluding carboxylic acids is 1. The van der Waals surface area contributed by atoms with E-state index in [4.69, 9.17) is 0 Å². The SMILES string of the molecule is O=C1C2CC(CS2)N1c1cccc(O)c1. The predicted octanol–water partition coefficient (Wildman–Crippen LogP) is 1.61. The summed E-state index contributed by atoms with van der Waals surface area (Å²) >= 11 is 1.75. The quantitative estimate of drug-likeness (QED) is 0.783. The fourth-order valence-electron chi connectivity index (χ4n) is 2.28. The Kier molecular flexibility index (Phi) is 1.92. The highest BCUT2D eigenvalue weighted by Crippen LogP contribution is 2.41. The lowest BCUT2D eigenvalue weighted by molar-refractivity contribution is -0.116. The molecular weight excluding hydrogens is 210 g/mol. The van der Waals surface area contributed by atoms with Gasteiger partial charge in [0.25, 0.3) is 0 Å². The van der Waals surface area contributed by atoms with E-state index in [1.165, 1.54) is 0 Å². The van der Waals surface area contributed by atoms with Crippen molar-refractivity contribution >= 4 is 23.4 Å². The molecule has 2 fully saturated rings. The summed E-state index contributed by atoms with van der Waals surface area (Å²) in [5.74, 6) is 1.43. The largest absolute Gasteiger partial charge is 0.508 e. The lowest BCUT2D eigenvalue weighted by Gasteiger charge is -2.26. The van der Waals surface area contributed by atoms with Gasteiger partial charge in [0.15, 0.2) is 0 Å². The number of amides is 1. The second-order valence-electron chi connectivity index (χ2n) is 3.94. The molecule has 1 amide bonds. The molecule has 0 radical (unpaired) electrons. The molecule has 3 rings (SSSR count). The second-order valence-corrected chi connectivity index (χ2v) is 5.18. The molecule has 1 N–H and O–H groups in total. The van der Waals surface area contributed by atoms with Crippen LogP contribution in [0.4, 0.5) is 5.69 Å². The summed E-state index contributed by atoms with van der Waals surface area (Å²) in [7, 11) is 0. The highest BCUT2D eigenvalue weighted by Gasteiger charge is 2.45. The summed E-state index contributed by atoms with van der Waals surface area (Å²) in [6.45, 7) is 0. The van der Waals surface area contributed by atoms with Gasteiger partial charge >= 0.3 is 0 Å². The molecule has 0 saturated carbocycles. The normalized spacial score (nSPS) is 28.8. The Hall–Kier alpha value is -1.16. The van der Waals surface area contributed by atoms with Gasteiger partial charge in [0.1, 0.15) is 5.75 Å². The van der Waals surface area contributed by atoms with Crippen LogP contribution in [0.3, 0.4) is 0 Å². The molecule has 2 saturated heterocycles. The Bertz CT molecular complexity index is 421. The van der Waals surface area contributed by atoms with Crippen molar-refractivity contribution in [1.29, 1.82) is 0 Å². The number of rotatable bonds is 1. The third kappa shape index (κ3) is 1.32. The second kappa shape index (κ2) is 3.17. The van der Waals surface area contributed by atoms with Crippen molar-refractivity contribution in [2.24, 2.45) is 0 Å². The molecular formula is C11H11NO2S. The molecule has 2 atom stereocenters. The smallest absolute Gasteiger partial charge is 0.240 e. The topological polar surface area (TPSA) is 40.5 Å². The van der Waals surface area contributed by atoms with Gasteiger partial charge in [-0.1, -0.05) is 6.07 Å². The van der Waals surface area contributed by atoms with Gasteiger partial charge in [-0.25, -0.2) is 0 Å². The van der Waals surface area contributed by atoms with Crippen molar-refractivity contribution in [3.8, 4) is 5.75 Å². The number of fused-ring (bicyclic) bond motifs is 2. The van der Waals surface area contributed by atoms with Crippen LogP contribution >= 0.6 is 11.8 Å². The minimum absolute atomic E-state index is 0.150. The summed E-state index contributed by atoms with van der Waals surface area (Å²) in [5.41, 5.74) is 0.827. The summed E-state index contributed by atoms with van der Waals surface area (Å²) in [6.07, 6.45) is 0.957. The minimum atomic E-state index is 0.150. The van der Waals surface area contributed by atoms with E-state index in [1.54, 1.807) is 30.0 Å². The van der Waals surface area contributed by atoms with Crippen LogP contribution in [0.15, 0.2) is 24.3 Å². The monoisotopic (exact) mass is 221 g/mol. The Morgan fingerprint density at radius 1 is 1.47 bits per heavy atom. The van der Waals surface area contributed by atoms with Crippen molar-refractivity contribution in [3.05, 3.63) is 24.3 Å². The van der Waals surface area contributed by atoms with Crippen LogP contribution in [0.2, 0.25) is 0 Å². The molecule has 2 bridgehead atoms. The number of benzene rings is 1. The maximum Gasteiger partial charge on any atom is 0.240 e. The fourth-order valence-corrected chi connectivity index (χ4v) is 3.63. The number of thioether (sulfide) groups is 1. The molecule has 0 aliphatic carbocycles. The molecule has 2 aliphatic rings. The number of carbonyl (C=O) groups is 1. The maximum absolute atomic E-state index is 11.9. The van der Waals surface area contributed by atoms with Crippen LogP contribution in [0.1, 0.15) is 6.42 Å². The first-order chi connectivity index (χ1) is 7.25. The molecule has 78 valence electrons. The van der Waals surface area contributed by atoms with E-state index >= 15 is 0 Å². The molecule has 2 aliphatic heterocycles. The van der Waals surface area contributed by atoms with E-state index in [0.29, 0.717) is 6.04 Å². The lowest BCUT2D eigenvalue weighted by Crippen LogP contribution is -2.38. The van der Waals surface area contributed by atoms with Gasteiger partial charge in [-0.3, -0.25) is 4.79 Å². The lowest BCUT2D eigenvalue weighted by atomic mass is 10.2. The summed E-state index contributed by atoms with van der Waals surface area (Å²) in [5, 5.41) is 9.54. The first-order valence-electron chi connectivity index (χ1n) is 4.99. The van der Waals surface area contributed by atoms with Gasteiger partial charge in [-0.15, -0.1) is 11.8 Å². The molecule has 1 aromatic rings. The Morgan fingerprint density at radius 3 is 3.00 bits per heavy atom. The fraction of sp³-hybridized carbons (Fsp3) is 0.364. The van der Waals surface area contributed by atoms with Gasteiger partial charge < -0.3 is 10.0 Å². The highest BCUT2D eigenvalue weighted by molar-refractivity contribution is 8.01. The summed E-state index contributed by atoms with van der Waals surface area (Å²) in [4.78, 5) is 13.7. The number of hydrogen-bond acceptors (Lipinski definition) is 3. The van der Waals surface area contributed by atoms with E-state index < -0.39 is 0 Å². The van der Waals surface area contributed by atoms with Crippen LogP contribution in [0.5, 0.6) is 5.75 Å². The average molecular weight is 221 g/mol. The number of phenolic OH excluding ortho intramolecular Hbond substituents is 1. The zero-order chi connectivity index (χ0) is 10.4. The standard InChI is InChI=1S/C11H11NO2S/c13-9-3-1-2-7(4-9)12-8-5-10(11(12)14)15-6-8/h1-4,8,10,13H,5-6H2. The molecule has 0 aromatic heterocycles. The van der Waals surface area contributed by atoms with Crippen molar-refractivity contribution in [3.63, 3.8) is 0 Å². The van der Waals surface area contributed by atoms with Crippen molar-refractivity contribution in [2.75, 3.05) is 10.7 Å². The predicted molar refractivity (Wildman–Crippen MR) is 60.2 cm³/mol. The summed E-state index contributed by atoms with van der Waals surface area (Å²) in [6, 6.07) is 7.26. The molecule has 2 heterocycles. The van der Waals surface area contributed by atoms with Gasteiger partial charge in [0.05, 0.1) is 5.25 Å². The third-order valence-electron chi connectivity index (χ3n) is 2.96. The zero-order valence-electron chi connectivity index (χ0n) is 8.09. The van der Waals surface area contributed by atoms with Crippen molar-refractivity contribution < 1.29 is 9.90 Å². The van der Waals surface area contributed by atoms with Crippen LogP contribution in [-0.2, 0) is 4.79 Å². The van der Waals surface area contributed by atoms with E-state index in [9.17, 15) is 9.90 Å². The van der Waals surface area contributed by atoms with Crippen LogP contribution < -0.4 is 4.90 Å². The van der Waals surface area contributed by atoms with Gasteiger partial charge in [-0.2, -0.15) is 0 Å². The summed E-state index contributed by atoms with van der Waals surface area (Å²) < 4.78 is 0. The third-order valence-corrected chi connectivity index (χ3v) is 4.34. The van der Waals surface area contributed by atoms with E-state index in [0.717, 1.165) is 17.9 Å².